The normalized spacial score (nSPS) is 16.0. The summed E-state index contributed by atoms with van der Waals surface area (Å²) >= 11 is 0. The third kappa shape index (κ3) is 4.90. The number of amidine groups is 1. The zero-order valence-electron chi connectivity index (χ0n) is 20.9. The number of aliphatic hydroxyl groups is 1. The Kier molecular flexibility index (Phi) is 6.72. The van der Waals surface area contributed by atoms with Crippen molar-refractivity contribution in [2.24, 2.45) is 12.0 Å². The molecule has 4 heterocycles. The first kappa shape index (κ1) is 25.2. The molecule has 12 heteroatoms. The Bertz CT molecular complexity index is 1470. The van der Waals surface area contributed by atoms with Crippen molar-refractivity contribution < 1.29 is 13.9 Å². The Balaban J connectivity index is 1.27. The Morgan fingerprint density at radius 2 is 1.84 bits per heavy atom. The van der Waals surface area contributed by atoms with Gasteiger partial charge < -0.3 is 19.9 Å². The van der Waals surface area contributed by atoms with Gasteiger partial charge in [-0.05, 0) is 25.1 Å². The monoisotopic (exact) mass is 519 g/mol. The van der Waals surface area contributed by atoms with Crippen LogP contribution in [0.15, 0.2) is 60.2 Å². The molecule has 1 aromatic carbocycles. The Morgan fingerprint density at radius 1 is 1.11 bits per heavy atom. The summed E-state index contributed by atoms with van der Waals surface area (Å²) < 4.78 is 29.3. The zero-order valence-corrected chi connectivity index (χ0v) is 20.9. The predicted molar refractivity (Wildman–Crippen MR) is 139 cm³/mol. The minimum atomic E-state index is -1.72. The number of H-pyrrole nitrogens is 1. The zero-order chi connectivity index (χ0) is 26.9. The van der Waals surface area contributed by atoms with Crippen molar-refractivity contribution in [3.63, 3.8) is 0 Å². The van der Waals surface area contributed by atoms with Crippen LogP contribution in [-0.4, -0.2) is 73.1 Å². The second-order valence-corrected chi connectivity index (χ2v) is 9.23. The molecule has 1 saturated heterocycles. The van der Waals surface area contributed by atoms with E-state index < -0.39 is 17.2 Å². The van der Waals surface area contributed by atoms with Gasteiger partial charge in [-0.3, -0.25) is 10.1 Å². The summed E-state index contributed by atoms with van der Waals surface area (Å²) in [5.41, 5.74) is 1.28. The molecule has 1 aliphatic heterocycles. The fourth-order valence-corrected chi connectivity index (χ4v) is 4.54. The molecule has 1 aliphatic rings. The van der Waals surface area contributed by atoms with Crippen molar-refractivity contribution in [1.29, 1.82) is 5.41 Å². The number of aliphatic imine (C=N–C) groups is 1. The van der Waals surface area contributed by atoms with Crippen LogP contribution in [0.1, 0.15) is 23.7 Å². The number of benzene rings is 1. The maximum Gasteiger partial charge on any atom is 0.225 e. The van der Waals surface area contributed by atoms with Crippen molar-refractivity contribution in [3.8, 4) is 11.1 Å². The second kappa shape index (κ2) is 10.1. The van der Waals surface area contributed by atoms with Crippen LogP contribution in [0.4, 0.5) is 14.7 Å². The molecule has 0 radical (unpaired) electrons. The first-order valence-corrected chi connectivity index (χ1v) is 12.0. The fraction of sp³-hybridized carbons (Fsp3) is 0.269. The summed E-state index contributed by atoms with van der Waals surface area (Å²) in [6.45, 7) is 3.88. The van der Waals surface area contributed by atoms with Gasteiger partial charge in [0.2, 0.25) is 5.95 Å². The smallest absolute Gasteiger partial charge is 0.225 e. The van der Waals surface area contributed by atoms with Crippen LogP contribution in [0, 0.1) is 17.0 Å². The van der Waals surface area contributed by atoms with E-state index in [4.69, 9.17) is 5.41 Å². The molecule has 1 atom stereocenters. The SMILES string of the molecule is Cn1cc(-c2c[nH]c(/C(=N\C=N)N3CCN(c4ncc([C@@](C)(O)c5ccc(F)cc5F)cn4)CC3)c2)cn1. The first-order chi connectivity index (χ1) is 18.3. The van der Waals surface area contributed by atoms with Crippen molar-refractivity contribution >= 4 is 18.1 Å². The molecule has 0 amide bonds. The van der Waals surface area contributed by atoms with E-state index >= 15 is 0 Å². The summed E-state index contributed by atoms with van der Waals surface area (Å²) in [6, 6.07) is 5.05. The van der Waals surface area contributed by atoms with E-state index in [1.54, 1.807) is 10.9 Å². The number of aromatic amines is 1. The Hall–Kier alpha value is -4.45. The molecule has 0 aliphatic carbocycles. The lowest BCUT2D eigenvalue weighted by molar-refractivity contribution is 0.0970. The van der Waals surface area contributed by atoms with E-state index in [9.17, 15) is 13.9 Å². The predicted octanol–water partition coefficient (Wildman–Crippen LogP) is 2.92. The highest BCUT2D eigenvalue weighted by Gasteiger charge is 2.31. The van der Waals surface area contributed by atoms with E-state index in [1.807, 2.05) is 30.4 Å². The van der Waals surface area contributed by atoms with Crippen LogP contribution in [0.3, 0.4) is 0 Å². The number of hydrogen-bond acceptors (Lipinski definition) is 6. The lowest BCUT2D eigenvalue weighted by Gasteiger charge is -2.36. The fourth-order valence-electron chi connectivity index (χ4n) is 4.54. The number of aromatic nitrogens is 5. The van der Waals surface area contributed by atoms with Gasteiger partial charge in [0.15, 0.2) is 5.84 Å². The summed E-state index contributed by atoms with van der Waals surface area (Å²) in [4.78, 5) is 20.5. The van der Waals surface area contributed by atoms with Crippen LogP contribution in [-0.2, 0) is 12.6 Å². The molecule has 0 unspecified atom stereocenters. The summed E-state index contributed by atoms with van der Waals surface area (Å²) in [6.07, 6.45) is 9.56. The number of nitrogens with zero attached hydrogens (tertiary/aromatic N) is 7. The third-order valence-corrected chi connectivity index (χ3v) is 6.67. The molecule has 196 valence electrons. The molecule has 1 fully saturated rings. The van der Waals surface area contributed by atoms with E-state index in [1.165, 1.54) is 25.4 Å². The molecule has 0 saturated carbocycles. The van der Waals surface area contributed by atoms with Gasteiger partial charge in [0.05, 0.1) is 11.9 Å². The average Bonchev–Trinajstić information content (AvgIpc) is 3.56. The van der Waals surface area contributed by atoms with Crippen LogP contribution < -0.4 is 4.90 Å². The summed E-state index contributed by atoms with van der Waals surface area (Å²) in [7, 11) is 1.86. The number of hydrogen-bond donors (Lipinski definition) is 3. The number of aryl methyl sites for hydroxylation is 1. The second-order valence-electron chi connectivity index (χ2n) is 9.23. The molecule has 0 spiro atoms. The van der Waals surface area contributed by atoms with Crippen molar-refractivity contribution in [1.82, 2.24) is 29.6 Å². The van der Waals surface area contributed by atoms with Gasteiger partial charge in [-0.15, -0.1) is 0 Å². The van der Waals surface area contributed by atoms with Crippen molar-refractivity contribution in [3.05, 3.63) is 83.7 Å². The highest BCUT2D eigenvalue weighted by molar-refractivity contribution is 6.01. The van der Waals surface area contributed by atoms with E-state index in [-0.39, 0.29) is 5.56 Å². The average molecular weight is 520 g/mol. The summed E-state index contributed by atoms with van der Waals surface area (Å²) in [5, 5.41) is 22.7. The van der Waals surface area contributed by atoms with Gasteiger partial charge in [-0.2, -0.15) is 5.10 Å². The minimum Gasteiger partial charge on any atom is -0.380 e. The van der Waals surface area contributed by atoms with Crippen LogP contribution in [0.25, 0.3) is 11.1 Å². The number of nitrogens with one attached hydrogen (secondary N) is 2. The maximum atomic E-state index is 14.3. The minimum absolute atomic E-state index is 0.0575. The highest BCUT2D eigenvalue weighted by atomic mass is 19.1. The Morgan fingerprint density at radius 3 is 2.47 bits per heavy atom. The standard InChI is InChI=1S/C26H27F2N9O/c1-26(38,21-4-3-20(27)10-22(21)28)19-13-31-25(32-14-19)37-7-5-36(6-8-37)24(33-16-29)23-9-17(11-30-23)18-12-34-35(2)15-18/h3-4,9-16,29-30,38H,5-8H2,1-2H3/b29-16?,33-24+/t26-/m1/s1. The molecule has 3 aromatic heterocycles. The van der Waals surface area contributed by atoms with Crippen LogP contribution >= 0.6 is 0 Å². The molecule has 3 N–H and O–H groups in total. The molecule has 5 rings (SSSR count). The highest BCUT2D eigenvalue weighted by Crippen LogP contribution is 2.31. The van der Waals surface area contributed by atoms with Gasteiger partial charge in [0, 0.05) is 86.3 Å². The van der Waals surface area contributed by atoms with E-state index in [0.717, 1.165) is 35.3 Å². The van der Waals surface area contributed by atoms with Gasteiger partial charge in [-0.25, -0.2) is 23.7 Å². The third-order valence-electron chi connectivity index (χ3n) is 6.67. The lowest BCUT2D eigenvalue weighted by Crippen LogP contribution is -2.49. The van der Waals surface area contributed by atoms with Gasteiger partial charge in [-0.1, -0.05) is 0 Å². The van der Waals surface area contributed by atoms with Crippen LogP contribution in [0.5, 0.6) is 0 Å². The molecular weight excluding hydrogens is 492 g/mol. The van der Waals surface area contributed by atoms with Gasteiger partial charge in [0.25, 0.3) is 0 Å². The summed E-state index contributed by atoms with van der Waals surface area (Å²) in [5.74, 6) is -0.407. The molecule has 4 aromatic rings. The number of anilines is 1. The quantitative estimate of drug-likeness (QED) is 0.266. The number of rotatable bonds is 6. The molecule has 0 bridgehead atoms. The van der Waals surface area contributed by atoms with Crippen LogP contribution in [0.2, 0.25) is 0 Å². The number of halogens is 2. The number of piperazine rings is 1. The molecular formula is C26H27F2N9O. The molecule has 38 heavy (non-hydrogen) atoms. The first-order valence-electron chi connectivity index (χ1n) is 12.0. The topological polar surface area (TPSA) is 122 Å². The maximum absolute atomic E-state index is 14.3. The van der Waals surface area contributed by atoms with Gasteiger partial charge in [0.1, 0.15) is 23.6 Å². The van der Waals surface area contributed by atoms with E-state index in [2.05, 4.69) is 29.9 Å². The van der Waals surface area contributed by atoms with Gasteiger partial charge >= 0.3 is 0 Å². The van der Waals surface area contributed by atoms with E-state index in [0.29, 0.717) is 43.5 Å². The lowest BCUT2D eigenvalue weighted by atomic mass is 9.89. The largest absolute Gasteiger partial charge is 0.380 e. The van der Waals surface area contributed by atoms with Crippen molar-refractivity contribution in [2.75, 3.05) is 31.1 Å². The Labute approximate surface area is 217 Å². The molecule has 10 nitrogen and oxygen atoms in total. The van der Waals surface area contributed by atoms with Crippen molar-refractivity contribution in [2.45, 2.75) is 12.5 Å².